The van der Waals surface area contributed by atoms with E-state index in [9.17, 15) is 0 Å². The van der Waals surface area contributed by atoms with Gasteiger partial charge in [0, 0.05) is 52.5 Å². The molecule has 2 N–H and O–H groups in total. The molecule has 41 heavy (non-hydrogen) atoms. The standard InChI is InChI=1S/C32H28Cl3N3O3/c1-18-7-8-19(16-27(18)40-2)30-29(35)22(11-12-37-30)21-5-4-6-23(28(21)34)26-10-9-24-31(38-26)25(33)15-20(32(24)41-3)17-36-13-14-39/h4-12,15-16,36,39H,13-14,17H2,1-3H3. The summed E-state index contributed by atoms with van der Waals surface area (Å²) >= 11 is 20.7. The molecule has 6 nitrogen and oxygen atoms in total. The molecule has 0 unspecified atom stereocenters. The summed E-state index contributed by atoms with van der Waals surface area (Å²) in [6.45, 7) is 2.99. The molecule has 0 fully saturated rings. The average molecular weight is 609 g/mol. The van der Waals surface area contributed by atoms with Gasteiger partial charge in [0.15, 0.2) is 0 Å². The van der Waals surface area contributed by atoms with Crippen LogP contribution in [0.25, 0.3) is 44.5 Å². The third kappa shape index (κ3) is 5.71. The van der Waals surface area contributed by atoms with E-state index in [1.165, 1.54) is 0 Å². The second-order valence-electron chi connectivity index (χ2n) is 9.42. The van der Waals surface area contributed by atoms with Gasteiger partial charge < -0.3 is 19.9 Å². The van der Waals surface area contributed by atoms with E-state index in [2.05, 4.69) is 10.3 Å². The zero-order valence-corrected chi connectivity index (χ0v) is 25.0. The van der Waals surface area contributed by atoms with Crippen LogP contribution in [0.3, 0.4) is 0 Å². The molecule has 210 valence electrons. The van der Waals surface area contributed by atoms with Gasteiger partial charge in [-0.3, -0.25) is 4.98 Å². The summed E-state index contributed by atoms with van der Waals surface area (Å²) in [5.74, 6) is 1.44. The molecule has 0 saturated heterocycles. The number of aromatic nitrogens is 2. The first-order chi connectivity index (χ1) is 19.9. The number of aryl methyl sites for hydroxylation is 1. The van der Waals surface area contributed by atoms with Gasteiger partial charge in [-0.05, 0) is 42.8 Å². The molecule has 2 heterocycles. The molecule has 0 amide bonds. The van der Waals surface area contributed by atoms with Crippen LogP contribution in [0.5, 0.6) is 11.5 Å². The van der Waals surface area contributed by atoms with E-state index >= 15 is 0 Å². The number of nitrogens with one attached hydrogen (secondary N) is 1. The predicted molar refractivity (Wildman–Crippen MR) is 168 cm³/mol. The lowest BCUT2D eigenvalue weighted by atomic mass is 9.99. The summed E-state index contributed by atoms with van der Waals surface area (Å²) in [4.78, 5) is 9.44. The number of hydrogen-bond donors (Lipinski definition) is 2. The number of aliphatic hydroxyl groups excluding tert-OH is 1. The minimum atomic E-state index is 0.0427. The largest absolute Gasteiger partial charge is 0.496 e. The maximum absolute atomic E-state index is 9.10. The highest BCUT2D eigenvalue weighted by molar-refractivity contribution is 6.39. The van der Waals surface area contributed by atoms with Crippen LogP contribution < -0.4 is 14.8 Å². The lowest BCUT2D eigenvalue weighted by Gasteiger charge is -2.16. The van der Waals surface area contributed by atoms with Crippen LogP contribution in [-0.4, -0.2) is 42.4 Å². The van der Waals surface area contributed by atoms with E-state index in [1.807, 2.05) is 67.6 Å². The van der Waals surface area contributed by atoms with E-state index in [4.69, 9.17) is 54.4 Å². The van der Waals surface area contributed by atoms with Crippen molar-refractivity contribution in [1.29, 1.82) is 0 Å². The topological polar surface area (TPSA) is 76.5 Å². The lowest BCUT2D eigenvalue weighted by molar-refractivity contribution is 0.291. The van der Waals surface area contributed by atoms with Crippen molar-refractivity contribution in [2.75, 3.05) is 27.4 Å². The second-order valence-corrected chi connectivity index (χ2v) is 10.6. The molecule has 9 heteroatoms. The summed E-state index contributed by atoms with van der Waals surface area (Å²) in [6, 6.07) is 19.2. The number of nitrogens with zero attached hydrogens (tertiary/aromatic N) is 2. The van der Waals surface area contributed by atoms with Crippen LogP contribution in [0.2, 0.25) is 15.1 Å². The first-order valence-electron chi connectivity index (χ1n) is 12.9. The highest BCUT2D eigenvalue weighted by Crippen LogP contribution is 2.43. The number of pyridine rings is 2. The minimum Gasteiger partial charge on any atom is -0.496 e. The van der Waals surface area contributed by atoms with Crippen LogP contribution >= 0.6 is 34.8 Å². The van der Waals surface area contributed by atoms with Crippen molar-refractivity contribution in [1.82, 2.24) is 15.3 Å². The Balaban J connectivity index is 1.58. The molecule has 5 rings (SSSR count). The summed E-state index contributed by atoms with van der Waals surface area (Å²) in [6.07, 6.45) is 1.72. The average Bonchev–Trinajstić information content (AvgIpc) is 2.98. The van der Waals surface area contributed by atoms with E-state index in [0.717, 1.165) is 44.5 Å². The smallest absolute Gasteiger partial charge is 0.132 e. The van der Waals surface area contributed by atoms with Crippen molar-refractivity contribution in [3.63, 3.8) is 0 Å². The Morgan fingerprint density at radius 2 is 1.66 bits per heavy atom. The molecule has 0 spiro atoms. The van der Waals surface area contributed by atoms with Crippen molar-refractivity contribution in [3.05, 3.63) is 93.1 Å². The fourth-order valence-electron chi connectivity index (χ4n) is 4.87. The molecule has 0 saturated carbocycles. The van der Waals surface area contributed by atoms with Gasteiger partial charge in [-0.25, -0.2) is 4.98 Å². The highest BCUT2D eigenvalue weighted by atomic mass is 35.5. The Morgan fingerprint density at radius 3 is 2.41 bits per heavy atom. The van der Waals surface area contributed by atoms with Gasteiger partial charge in [-0.2, -0.15) is 0 Å². The van der Waals surface area contributed by atoms with Gasteiger partial charge in [0.05, 0.1) is 52.8 Å². The predicted octanol–water partition coefficient (Wildman–Crippen LogP) is 8.00. The number of hydrogen-bond acceptors (Lipinski definition) is 6. The molecule has 5 aromatic rings. The molecule has 0 aliphatic heterocycles. The number of benzene rings is 3. The second kappa shape index (κ2) is 12.6. The number of rotatable bonds is 9. The maximum atomic E-state index is 9.10. The van der Waals surface area contributed by atoms with Gasteiger partial charge in [-0.15, -0.1) is 0 Å². The monoisotopic (exact) mass is 607 g/mol. The first kappa shape index (κ1) is 29.1. The molecule has 0 atom stereocenters. The third-order valence-corrected chi connectivity index (χ3v) is 7.98. The Kier molecular flexibility index (Phi) is 8.97. The van der Waals surface area contributed by atoms with Crippen LogP contribution in [0.4, 0.5) is 0 Å². The van der Waals surface area contributed by atoms with Crippen LogP contribution in [0, 0.1) is 6.92 Å². The first-order valence-corrected chi connectivity index (χ1v) is 14.1. The molecular formula is C32H28Cl3N3O3. The molecule has 2 aromatic heterocycles. The van der Waals surface area contributed by atoms with E-state index in [-0.39, 0.29) is 6.61 Å². The summed E-state index contributed by atoms with van der Waals surface area (Å²) in [5.41, 5.74) is 6.89. The summed E-state index contributed by atoms with van der Waals surface area (Å²) < 4.78 is 11.2. The summed E-state index contributed by atoms with van der Waals surface area (Å²) in [5, 5.41) is 14.5. The Labute approximate surface area is 253 Å². The quantitative estimate of drug-likeness (QED) is 0.165. The van der Waals surface area contributed by atoms with Crippen molar-refractivity contribution in [2.24, 2.45) is 0 Å². The maximum Gasteiger partial charge on any atom is 0.132 e. The SMILES string of the molecule is COc1cc(-c2nccc(-c3cccc(-c4ccc5c(OC)c(CNCCO)cc(Cl)c5n4)c3Cl)c2Cl)ccc1C. The minimum absolute atomic E-state index is 0.0427. The highest BCUT2D eigenvalue weighted by Gasteiger charge is 2.19. The number of fused-ring (bicyclic) bond motifs is 1. The van der Waals surface area contributed by atoms with Crippen molar-refractivity contribution in [3.8, 4) is 45.1 Å². The number of ether oxygens (including phenoxy) is 2. The molecule has 0 aliphatic rings. The molecule has 0 bridgehead atoms. The van der Waals surface area contributed by atoms with E-state index < -0.39 is 0 Å². The van der Waals surface area contributed by atoms with Crippen LogP contribution in [-0.2, 0) is 6.54 Å². The van der Waals surface area contributed by atoms with Crippen LogP contribution in [0.1, 0.15) is 11.1 Å². The fraction of sp³-hybridized carbons (Fsp3) is 0.188. The van der Waals surface area contributed by atoms with Gasteiger partial charge in [0.1, 0.15) is 11.5 Å². The molecule has 3 aromatic carbocycles. The number of methoxy groups -OCH3 is 2. The molecule has 0 aliphatic carbocycles. The van der Waals surface area contributed by atoms with E-state index in [1.54, 1.807) is 20.4 Å². The Hall–Kier alpha value is -3.39. The zero-order valence-electron chi connectivity index (χ0n) is 22.8. The van der Waals surface area contributed by atoms with Gasteiger partial charge >= 0.3 is 0 Å². The molecule has 0 radical (unpaired) electrons. The van der Waals surface area contributed by atoms with Gasteiger partial charge in [0.25, 0.3) is 0 Å². The van der Waals surface area contributed by atoms with Crippen molar-refractivity contribution < 1.29 is 14.6 Å². The Morgan fingerprint density at radius 1 is 0.878 bits per heavy atom. The fourth-order valence-corrected chi connectivity index (χ4v) is 5.79. The molecular weight excluding hydrogens is 581 g/mol. The third-order valence-electron chi connectivity index (χ3n) is 6.90. The van der Waals surface area contributed by atoms with Crippen molar-refractivity contribution >= 4 is 45.7 Å². The van der Waals surface area contributed by atoms with Crippen molar-refractivity contribution in [2.45, 2.75) is 13.5 Å². The number of aliphatic hydroxyl groups is 1. The zero-order chi connectivity index (χ0) is 29.1. The lowest BCUT2D eigenvalue weighted by Crippen LogP contribution is -2.18. The Bertz CT molecular complexity index is 1740. The van der Waals surface area contributed by atoms with Gasteiger partial charge in [0.2, 0.25) is 0 Å². The van der Waals surface area contributed by atoms with Crippen LogP contribution in [0.15, 0.2) is 66.9 Å². The summed E-state index contributed by atoms with van der Waals surface area (Å²) in [7, 11) is 3.26. The number of halogens is 3. The van der Waals surface area contributed by atoms with E-state index in [0.29, 0.717) is 50.8 Å². The van der Waals surface area contributed by atoms with Gasteiger partial charge in [-0.1, -0.05) is 65.1 Å². The normalized spacial score (nSPS) is 11.2.